The third-order valence-electron chi connectivity index (χ3n) is 9.06. The molecule has 0 aromatic heterocycles. The number of benzene rings is 1. The van der Waals surface area contributed by atoms with Crippen molar-refractivity contribution in [3.63, 3.8) is 0 Å². The van der Waals surface area contributed by atoms with Gasteiger partial charge in [0.25, 0.3) is 0 Å². The maximum absolute atomic E-state index is 12.3. The molecule has 0 saturated carbocycles. The molecule has 0 spiro atoms. The highest BCUT2D eigenvalue weighted by Crippen LogP contribution is 2.48. The predicted molar refractivity (Wildman–Crippen MR) is 200 cm³/mol. The molecule has 2 amide bonds. The van der Waals surface area contributed by atoms with E-state index < -0.39 is 26.2 Å². The Bertz CT molecular complexity index is 1110. The van der Waals surface area contributed by atoms with Crippen LogP contribution in [0.15, 0.2) is 42.5 Å². The summed E-state index contributed by atoms with van der Waals surface area (Å²) in [7, 11) is -1.38. The molecule has 284 valence electrons. The van der Waals surface area contributed by atoms with E-state index in [0.717, 1.165) is 44.8 Å². The standard InChI is InChI=1S/C37H64BN2O9P/c1-3-4-5-6-7-8-9-10-11-12-13-16-22-27-39-36(41)40-28-23-17-14-15-21-26-32-34(49-50(43,44)45-2)33(48-35(32)38)30-47-37(42)46-29-31-24-19-18-20-25-31/h15,18-21,24-25,32-35H,3-14,16-17,22-23,26-30,38H2,1-2H3,(H,43,44)(H2,39,40,41)/b21-15+/t32-,33+,34?,35+/m0/s1. The van der Waals surface area contributed by atoms with Crippen LogP contribution in [0.2, 0.25) is 0 Å². The Morgan fingerprint density at radius 1 is 0.860 bits per heavy atom. The zero-order chi connectivity index (χ0) is 36.3. The van der Waals surface area contributed by atoms with Crippen molar-refractivity contribution in [2.45, 2.75) is 141 Å². The fourth-order valence-electron chi connectivity index (χ4n) is 6.08. The Hall–Kier alpha value is -2.37. The van der Waals surface area contributed by atoms with Crippen LogP contribution < -0.4 is 10.6 Å². The topological polar surface area (TPSA) is 142 Å². The normalized spacial score (nSPS) is 20.1. The number of phosphoric ester groups is 1. The Morgan fingerprint density at radius 3 is 2.04 bits per heavy atom. The molecule has 1 aromatic rings. The number of unbranched alkanes of at least 4 members (excludes halogenated alkanes) is 14. The molecule has 1 aliphatic rings. The average Bonchev–Trinajstić information content (AvgIpc) is 3.40. The molecule has 1 saturated heterocycles. The second-order valence-electron chi connectivity index (χ2n) is 13.2. The molecular weight excluding hydrogens is 658 g/mol. The van der Waals surface area contributed by atoms with Gasteiger partial charge in [-0.15, -0.1) is 0 Å². The molecule has 50 heavy (non-hydrogen) atoms. The first-order valence-electron chi connectivity index (χ1n) is 19.0. The third-order valence-corrected chi connectivity index (χ3v) is 10.0. The van der Waals surface area contributed by atoms with Crippen molar-refractivity contribution in [2.75, 3.05) is 26.8 Å². The van der Waals surface area contributed by atoms with Crippen LogP contribution in [0.1, 0.15) is 122 Å². The summed E-state index contributed by atoms with van der Waals surface area (Å²) in [6, 6.07) is 8.79. The molecule has 2 rings (SSSR count). The Balaban J connectivity index is 1.55. The molecule has 1 heterocycles. The van der Waals surface area contributed by atoms with E-state index in [1.807, 2.05) is 44.3 Å². The second kappa shape index (κ2) is 27.3. The zero-order valence-electron chi connectivity index (χ0n) is 30.9. The lowest BCUT2D eigenvalue weighted by atomic mass is 9.82. The SMILES string of the molecule is B[C@@H]1O[C@H](COC(=O)OCc2ccccc2)C(OP(=O)(O)OC)[C@@H]1C/C=C/CCCCNC(=O)NCCCCCCCCCCCCCCC. The number of phosphoric acid groups is 1. The van der Waals surface area contributed by atoms with Crippen LogP contribution in [-0.4, -0.2) is 69.9 Å². The van der Waals surface area contributed by atoms with Gasteiger partial charge in [-0.25, -0.2) is 14.2 Å². The highest BCUT2D eigenvalue weighted by molar-refractivity contribution is 7.47. The van der Waals surface area contributed by atoms with E-state index in [9.17, 15) is 19.0 Å². The van der Waals surface area contributed by atoms with Crippen molar-refractivity contribution in [3.05, 3.63) is 48.0 Å². The van der Waals surface area contributed by atoms with Crippen LogP contribution in [0.5, 0.6) is 0 Å². The first-order chi connectivity index (χ1) is 24.3. The first kappa shape index (κ1) is 43.8. The summed E-state index contributed by atoms with van der Waals surface area (Å²) in [5.74, 6) is -0.268. The van der Waals surface area contributed by atoms with Gasteiger partial charge < -0.3 is 29.7 Å². The van der Waals surface area contributed by atoms with Crippen molar-refractivity contribution >= 4 is 27.9 Å². The van der Waals surface area contributed by atoms with Gasteiger partial charge in [0.1, 0.15) is 33.3 Å². The number of allylic oxidation sites excluding steroid dienone is 2. The number of hydrogen-bond acceptors (Lipinski definition) is 8. The van der Waals surface area contributed by atoms with Crippen LogP contribution in [0.3, 0.4) is 0 Å². The molecule has 0 radical (unpaired) electrons. The van der Waals surface area contributed by atoms with Crippen LogP contribution in [0.4, 0.5) is 9.59 Å². The number of carbonyl (C=O) groups excluding carboxylic acids is 2. The Kier molecular flexibility index (Phi) is 23.9. The summed E-state index contributed by atoms with van der Waals surface area (Å²) >= 11 is 0. The van der Waals surface area contributed by atoms with Gasteiger partial charge in [0.15, 0.2) is 0 Å². The molecule has 13 heteroatoms. The van der Waals surface area contributed by atoms with E-state index in [0.29, 0.717) is 19.5 Å². The average molecular weight is 723 g/mol. The van der Waals surface area contributed by atoms with Crippen LogP contribution >= 0.6 is 7.82 Å². The van der Waals surface area contributed by atoms with E-state index in [1.54, 1.807) is 0 Å². The number of ether oxygens (including phenoxy) is 3. The van der Waals surface area contributed by atoms with Gasteiger partial charge in [-0.05, 0) is 37.7 Å². The lowest BCUT2D eigenvalue weighted by Gasteiger charge is -2.24. The molecule has 0 bridgehead atoms. The van der Waals surface area contributed by atoms with Crippen molar-refractivity contribution in [2.24, 2.45) is 5.92 Å². The monoisotopic (exact) mass is 722 g/mol. The predicted octanol–water partition coefficient (Wildman–Crippen LogP) is 7.95. The highest BCUT2D eigenvalue weighted by Gasteiger charge is 2.46. The molecule has 0 aliphatic carbocycles. The van der Waals surface area contributed by atoms with Gasteiger partial charge in [0, 0.05) is 32.1 Å². The minimum Gasteiger partial charge on any atom is -0.431 e. The molecule has 1 fully saturated rings. The third kappa shape index (κ3) is 20.5. The number of urea groups is 1. The maximum Gasteiger partial charge on any atom is 0.508 e. The minimum absolute atomic E-state index is 0.0628. The molecule has 1 aromatic carbocycles. The van der Waals surface area contributed by atoms with Gasteiger partial charge in [-0.3, -0.25) is 9.05 Å². The van der Waals surface area contributed by atoms with E-state index in [2.05, 4.69) is 28.2 Å². The van der Waals surface area contributed by atoms with Gasteiger partial charge in [-0.2, -0.15) is 0 Å². The van der Waals surface area contributed by atoms with Crippen LogP contribution in [-0.2, 0) is 34.4 Å². The fraction of sp³-hybridized carbons (Fsp3) is 0.730. The lowest BCUT2D eigenvalue weighted by molar-refractivity contribution is -0.0303. The minimum atomic E-state index is -4.33. The molecule has 1 aliphatic heterocycles. The van der Waals surface area contributed by atoms with E-state index in [-0.39, 0.29) is 31.2 Å². The molecule has 3 N–H and O–H groups in total. The van der Waals surface area contributed by atoms with Gasteiger partial charge in [0.2, 0.25) is 0 Å². The fourth-order valence-corrected chi connectivity index (χ4v) is 6.76. The summed E-state index contributed by atoms with van der Waals surface area (Å²) in [6.45, 7) is 3.44. The molecule has 2 unspecified atom stereocenters. The van der Waals surface area contributed by atoms with Crippen LogP contribution in [0, 0.1) is 5.92 Å². The lowest BCUT2D eigenvalue weighted by Crippen LogP contribution is -2.36. The largest absolute Gasteiger partial charge is 0.508 e. The van der Waals surface area contributed by atoms with Gasteiger partial charge >= 0.3 is 20.0 Å². The maximum atomic E-state index is 12.3. The highest BCUT2D eigenvalue weighted by atomic mass is 31.2. The molecular formula is C37H64BN2O9P. The van der Waals surface area contributed by atoms with E-state index >= 15 is 0 Å². The number of hydrogen-bond donors (Lipinski definition) is 3. The smallest absolute Gasteiger partial charge is 0.431 e. The Morgan fingerprint density at radius 2 is 1.44 bits per heavy atom. The van der Waals surface area contributed by atoms with E-state index in [4.69, 9.17) is 18.7 Å². The van der Waals surface area contributed by atoms with Gasteiger partial charge in [-0.1, -0.05) is 126 Å². The second-order valence-corrected chi connectivity index (χ2v) is 14.7. The molecule has 5 atom stereocenters. The Labute approximate surface area is 302 Å². The number of carbonyl (C=O) groups is 2. The van der Waals surface area contributed by atoms with Crippen molar-refractivity contribution in [1.82, 2.24) is 10.6 Å². The summed E-state index contributed by atoms with van der Waals surface area (Å²) in [5.41, 5.74) is 0.821. The summed E-state index contributed by atoms with van der Waals surface area (Å²) in [4.78, 5) is 34.3. The number of rotatable bonds is 28. The van der Waals surface area contributed by atoms with Crippen molar-refractivity contribution in [3.8, 4) is 0 Å². The van der Waals surface area contributed by atoms with Crippen molar-refractivity contribution in [1.29, 1.82) is 0 Å². The zero-order valence-corrected chi connectivity index (χ0v) is 31.8. The molecule has 11 nitrogen and oxygen atoms in total. The summed E-state index contributed by atoms with van der Waals surface area (Å²) in [6.07, 6.45) is 21.7. The van der Waals surface area contributed by atoms with Crippen molar-refractivity contribution < 1.29 is 42.3 Å². The van der Waals surface area contributed by atoms with E-state index in [1.165, 1.54) is 70.6 Å². The first-order valence-corrected chi connectivity index (χ1v) is 20.5. The van der Waals surface area contributed by atoms with Crippen LogP contribution in [0.25, 0.3) is 0 Å². The summed E-state index contributed by atoms with van der Waals surface area (Å²) < 4.78 is 38.8. The quantitative estimate of drug-likeness (QED) is 0.0258. The number of amides is 2. The summed E-state index contributed by atoms with van der Waals surface area (Å²) in [5, 5.41) is 5.89. The van der Waals surface area contributed by atoms with Gasteiger partial charge in [0.05, 0.1) is 0 Å². The number of nitrogens with one attached hydrogen (secondary N) is 2.